The van der Waals surface area contributed by atoms with Gasteiger partial charge in [-0.3, -0.25) is 4.79 Å². The molecule has 0 aromatic carbocycles. The Morgan fingerprint density at radius 3 is 2.76 bits per heavy atom. The van der Waals surface area contributed by atoms with Crippen molar-refractivity contribution in [3.05, 3.63) is 0 Å². The van der Waals surface area contributed by atoms with E-state index < -0.39 is 0 Å². The molecule has 1 saturated carbocycles. The third-order valence-corrected chi connectivity index (χ3v) is 4.81. The molecular formula is C14H26N2O. The average Bonchev–Trinajstić information content (AvgIpc) is 2.76. The number of nitrogens with one attached hydrogen (secondary N) is 2. The second kappa shape index (κ2) is 5.38. The largest absolute Gasteiger partial charge is 0.353 e. The SMILES string of the molecule is CCC1(C(=O)NC2CCCC2C)CCCNC1. The first-order valence-electron chi connectivity index (χ1n) is 7.19. The Morgan fingerprint density at radius 1 is 1.41 bits per heavy atom. The van der Waals surface area contributed by atoms with Gasteiger partial charge in [-0.2, -0.15) is 0 Å². The summed E-state index contributed by atoms with van der Waals surface area (Å²) in [4.78, 5) is 12.5. The van der Waals surface area contributed by atoms with Crippen LogP contribution in [0, 0.1) is 11.3 Å². The molecule has 2 rings (SSSR count). The van der Waals surface area contributed by atoms with E-state index in [1.165, 1.54) is 19.3 Å². The van der Waals surface area contributed by atoms with Crippen LogP contribution in [0.5, 0.6) is 0 Å². The van der Waals surface area contributed by atoms with Crippen LogP contribution in [-0.2, 0) is 4.79 Å². The summed E-state index contributed by atoms with van der Waals surface area (Å²) in [7, 11) is 0. The highest BCUT2D eigenvalue weighted by molar-refractivity contribution is 5.83. The summed E-state index contributed by atoms with van der Waals surface area (Å²) >= 11 is 0. The van der Waals surface area contributed by atoms with Crippen molar-refractivity contribution in [3.8, 4) is 0 Å². The minimum Gasteiger partial charge on any atom is -0.353 e. The maximum atomic E-state index is 12.5. The molecule has 0 bridgehead atoms. The number of piperidine rings is 1. The molecule has 0 aromatic heterocycles. The molecule has 1 aliphatic heterocycles. The van der Waals surface area contributed by atoms with Crippen molar-refractivity contribution in [1.82, 2.24) is 10.6 Å². The van der Waals surface area contributed by atoms with Crippen molar-refractivity contribution in [2.24, 2.45) is 11.3 Å². The molecule has 3 nitrogen and oxygen atoms in total. The van der Waals surface area contributed by atoms with E-state index in [1.54, 1.807) is 0 Å². The summed E-state index contributed by atoms with van der Waals surface area (Å²) in [5.41, 5.74) is -0.138. The van der Waals surface area contributed by atoms with E-state index in [-0.39, 0.29) is 5.41 Å². The molecule has 1 saturated heterocycles. The van der Waals surface area contributed by atoms with Crippen LogP contribution in [0.4, 0.5) is 0 Å². The normalized spacial score (nSPS) is 38.0. The number of carbonyl (C=O) groups excluding carboxylic acids is 1. The second-order valence-corrected chi connectivity index (χ2v) is 5.90. The standard InChI is InChI=1S/C14H26N2O/c1-3-14(8-5-9-15-10-14)13(17)16-12-7-4-6-11(12)2/h11-12,15H,3-10H2,1-2H3,(H,16,17). The van der Waals surface area contributed by atoms with Crippen molar-refractivity contribution >= 4 is 5.91 Å². The van der Waals surface area contributed by atoms with Gasteiger partial charge in [-0.05, 0) is 44.6 Å². The van der Waals surface area contributed by atoms with E-state index in [9.17, 15) is 4.79 Å². The summed E-state index contributed by atoms with van der Waals surface area (Å²) in [6.45, 7) is 6.33. The zero-order valence-corrected chi connectivity index (χ0v) is 11.2. The van der Waals surface area contributed by atoms with Crippen molar-refractivity contribution in [2.45, 2.75) is 58.4 Å². The van der Waals surface area contributed by atoms with E-state index in [1.807, 2.05) is 0 Å². The average molecular weight is 238 g/mol. The summed E-state index contributed by atoms with van der Waals surface area (Å²) in [5, 5.41) is 6.69. The number of hydrogen-bond acceptors (Lipinski definition) is 2. The number of amides is 1. The lowest BCUT2D eigenvalue weighted by Crippen LogP contribution is -2.52. The van der Waals surface area contributed by atoms with E-state index in [4.69, 9.17) is 0 Å². The minimum atomic E-state index is -0.138. The van der Waals surface area contributed by atoms with Gasteiger partial charge in [0, 0.05) is 12.6 Å². The van der Waals surface area contributed by atoms with Crippen molar-refractivity contribution in [3.63, 3.8) is 0 Å². The molecular weight excluding hydrogens is 212 g/mol. The van der Waals surface area contributed by atoms with Gasteiger partial charge in [-0.1, -0.05) is 20.3 Å². The van der Waals surface area contributed by atoms with Gasteiger partial charge in [0.05, 0.1) is 5.41 Å². The maximum Gasteiger partial charge on any atom is 0.227 e. The molecule has 0 spiro atoms. The molecule has 3 heteroatoms. The van der Waals surface area contributed by atoms with Crippen LogP contribution < -0.4 is 10.6 Å². The highest BCUT2D eigenvalue weighted by atomic mass is 16.2. The first-order chi connectivity index (χ1) is 8.18. The topological polar surface area (TPSA) is 41.1 Å². The molecule has 3 atom stereocenters. The van der Waals surface area contributed by atoms with Gasteiger partial charge in [0.2, 0.25) is 5.91 Å². The Kier molecular flexibility index (Phi) is 4.08. The molecule has 3 unspecified atom stereocenters. The summed E-state index contributed by atoms with van der Waals surface area (Å²) in [6, 6.07) is 0.424. The Balaban J connectivity index is 1.97. The first kappa shape index (κ1) is 12.9. The highest BCUT2D eigenvalue weighted by Crippen LogP contribution is 2.32. The molecule has 2 N–H and O–H groups in total. The van der Waals surface area contributed by atoms with Crippen molar-refractivity contribution in [2.75, 3.05) is 13.1 Å². The van der Waals surface area contributed by atoms with Crippen LogP contribution in [0.3, 0.4) is 0 Å². The second-order valence-electron chi connectivity index (χ2n) is 5.90. The third kappa shape index (κ3) is 2.65. The molecule has 0 aromatic rings. The molecule has 2 aliphatic rings. The maximum absolute atomic E-state index is 12.5. The highest BCUT2D eigenvalue weighted by Gasteiger charge is 2.39. The van der Waals surface area contributed by atoms with Gasteiger partial charge in [0.15, 0.2) is 0 Å². The third-order valence-electron chi connectivity index (χ3n) is 4.81. The summed E-state index contributed by atoms with van der Waals surface area (Å²) in [5.74, 6) is 0.954. The van der Waals surface area contributed by atoms with Crippen LogP contribution in [0.25, 0.3) is 0 Å². The van der Waals surface area contributed by atoms with E-state index in [2.05, 4.69) is 24.5 Å². The Labute approximate surface area is 105 Å². The lowest BCUT2D eigenvalue weighted by Gasteiger charge is -2.36. The van der Waals surface area contributed by atoms with Gasteiger partial charge >= 0.3 is 0 Å². The molecule has 1 aliphatic carbocycles. The predicted molar refractivity (Wildman–Crippen MR) is 69.8 cm³/mol. The lowest BCUT2D eigenvalue weighted by atomic mass is 9.77. The fraction of sp³-hybridized carbons (Fsp3) is 0.929. The van der Waals surface area contributed by atoms with Crippen molar-refractivity contribution in [1.29, 1.82) is 0 Å². The van der Waals surface area contributed by atoms with Gasteiger partial charge < -0.3 is 10.6 Å². The minimum absolute atomic E-state index is 0.138. The lowest BCUT2D eigenvalue weighted by molar-refractivity contribution is -0.133. The fourth-order valence-corrected chi connectivity index (χ4v) is 3.31. The number of carbonyl (C=O) groups is 1. The molecule has 1 heterocycles. The Bertz CT molecular complexity index is 271. The zero-order valence-electron chi connectivity index (χ0n) is 11.2. The monoisotopic (exact) mass is 238 g/mol. The molecule has 0 radical (unpaired) electrons. The smallest absolute Gasteiger partial charge is 0.227 e. The Morgan fingerprint density at radius 2 is 2.24 bits per heavy atom. The van der Waals surface area contributed by atoms with Crippen LogP contribution in [0.2, 0.25) is 0 Å². The molecule has 1 amide bonds. The van der Waals surface area contributed by atoms with Crippen LogP contribution in [0.15, 0.2) is 0 Å². The van der Waals surface area contributed by atoms with Gasteiger partial charge in [-0.25, -0.2) is 0 Å². The van der Waals surface area contributed by atoms with Gasteiger partial charge in [-0.15, -0.1) is 0 Å². The van der Waals surface area contributed by atoms with Gasteiger partial charge in [0.1, 0.15) is 0 Å². The van der Waals surface area contributed by atoms with E-state index in [0.717, 1.165) is 32.4 Å². The Hall–Kier alpha value is -0.570. The fourth-order valence-electron chi connectivity index (χ4n) is 3.31. The molecule has 2 fully saturated rings. The zero-order chi connectivity index (χ0) is 12.3. The first-order valence-corrected chi connectivity index (χ1v) is 7.19. The van der Waals surface area contributed by atoms with Gasteiger partial charge in [0.25, 0.3) is 0 Å². The van der Waals surface area contributed by atoms with E-state index in [0.29, 0.717) is 17.9 Å². The van der Waals surface area contributed by atoms with Crippen LogP contribution >= 0.6 is 0 Å². The number of rotatable bonds is 3. The number of hydrogen-bond donors (Lipinski definition) is 2. The summed E-state index contributed by atoms with van der Waals surface area (Å²) in [6.07, 6.45) is 6.82. The predicted octanol–water partition coefficient (Wildman–Crippen LogP) is 2.07. The van der Waals surface area contributed by atoms with Crippen molar-refractivity contribution < 1.29 is 4.79 Å². The quantitative estimate of drug-likeness (QED) is 0.790. The van der Waals surface area contributed by atoms with Crippen LogP contribution in [-0.4, -0.2) is 25.0 Å². The molecule has 17 heavy (non-hydrogen) atoms. The van der Waals surface area contributed by atoms with E-state index >= 15 is 0 Å². The summed E-state index contributed by atoms with van der Waals surface area (Å²) < 4.78 is 0. The van der Waals surface area contributed by atoms with Crippen LogP contribution in [0.1, 0.15) is 52.4 Å². The molecule has 98 valence electrons.